The van der Waals surface area contributed by atoms with Crippen molar-refractivity contribution in [2.24, 2.45) is 10.4 Å². The molecule has 0 saturated carbocycles. The lowest BCUT2D eigenvalue weighted by atomic mass is 9.86. The fourth-order valence-corrected chi connectivity index (χ4v) is 1.95. The standard InChI is InChI=1S/C18H20FN/c1-18(2,3)17(20-15-10-5-4-6-11-15)13-14-9-7-8-12-16(14)19/h4-12H,13H2,1-3H3. The van der Waals surface area contributed by atoms with E-state index in [-0.39, 0.29) is 11.2 Å². The molecular weight excluding hydrogens is 249 g/mol. The molecule has 0 aromatic heterocycles. The number of halogens is 1. The number of rotatable bonds is 3. The van der Waals surface area contributed by atoms with Crippen LogP contribution in [-0.4, -0.2) is 5.71 Å². The molecule has 2 heteroatoms. The second-order valence-corrected chi connectivity index (χ2v) is 5.91. The Hall–Kier alpha value is -1.96. The molecule has 0 aliphatic carbocycles. The molecule has 0 aliphatic rings. The van der Waals surface area contributed by atoms with Crippen LogP contribution in [0.25, 0.3) is 0 Å². The van der Waals surface area contributed by atoms with Crippen LogP contribution in [0, 0.1) is 11.2 Å². The Bertz CT molecular complexity index is 594. The minimum Gasteiger partial charge on any atom is -0.257 e. The smallest absolute Gasteiger partial charge is 0.126 e. The molecule has 0 unspecified atom stereocenters. The van der Waals surface area contributed by atoms with Crippen LogP contribution in [0.3, 0.4) is 0 Å². The van der Waals surface area contributed by atoms with Gasteiger partial charge in [-0.15, -0.1) is 0 Å². The predicted molar refractivity (Wildman–Crippen MR) is 83.1 cm³/mol. The molecule has 0 amide bonds. The van der Waals surface area contributed by atoms with Crippen LogP contribution in [0.4, 0.5) is 10.1 Å². The van der Waals surface area contributed by atoms with Gasteiger partial charge in [0.05, 0.1) is 5.69 Å². The highest BCUT2D eigenvalue weighted by Crippen LogP contribution is 2.24. The zero-order valence-electron chi connectivity index (χ0n) is 12.2. The zero-order chi connectivity index (χ0) is 14.6. The third-order valence-corrected chi connectivity index (χ3v) is 3.20. The van der Waals surface area contributed by atoms with Crippen molar-refractivity contribution in [2.45, 2.75) is 27.2 Å². The van der Waals surface area contributed by atoms with Gasteiger partial charge in [0, 0.05) is 17.5 Å². The number of para-hydroxylation sites is 1. The SMILES string of the molecule is CC(C)(C)C(Cc1ccccc1F)=Nc1ccccc1. The molecule has 0 bridgehead atoms. The number of hydrogen-bond donors (Lipinski definition) is 0. The fraction of sp³-hybridized carbons (Fsp3) is 0.278. The molecular formula is C18H20FN. The summed E-state index contributed by atoms with van der Waals surface area (Å²) in [6.45, 7) is 6.32. The summed E-state index contributed by atoms with van der Waals surface area (Å²) in [6, 6.07) is 16.7. The average Bonchev–Trinajstić information content (AvgIpc) is 2.40. The van der Waals surface area contributed by atoms with E-state index >= 15 is 0 Å². The topological polar surface area (TPSA) is 12.4 Å². The van der Waals surface area contributed by atoms with Crippen LogP contribution in [0.2, 0.25) is 0 Å². The first-order chi connectivity index (χ1) is 9.47. The van der Waals surface area contributed by atoms with E-state index in [4.69, 9.17) is 4.99 Å². The summed E-state index contributed by atoms with van der Waals surface area (Å²) < 4.78 is 13.8. The maximum Gasteiger partial charge on any atom is 0.126 e. The highest BCUT2D eigenvalue weighted by atomic mass is 19.1. The molecule has 104 valence electrons. The lowest BCUT2D eigenvalue weighted by Crippen LogP contribution is -2.23. The van der Waals surface area contributed by atoms with Gasteiger partial charge in [0.1, 0.15) is 5.82 Å². The van der Waals surface area contributed by atoms with E-state index in [0.29, 0.717) is 12.0 Å². The van der Waals surface area contributed by atoms with E-state index < -0.39 is 0 Å². The minimum atomic E-state index is -0.169. The monoisotopic (exact) mass is 269 g/mol. The van der Waals surface area contributed by atoms with Gasteiger partial charge >= 0.3 is 0 Å². The maximum atomic E-state index is 13.8. The summed E-state index contributed by atoms with van der Waals surface area (Å²) in [4.78, 5) is 4.72. The summed E-state index contributed by atoms with van der Waals surface area (Å²) >= 11 is 0. The molecule has 0 fully saturated rings. The molecule has 2 aromatic rings. The highest BCUT2D eigenvalue weighted by molar-refractivity contribution is 5.93. The van der Waals surface area contributed by atoms with Crippen molar-refractivity contribution >= 4 is 11.4 Å². The van der Waals surface area contributed by atoms with Gasteiger partial charge in [-0.1, -0.05) is 57.2 Å². The maximum absolute atomic E-state index is 13.8. The van der Waals surface area contributed by atoms with E-state index in [0.717, 1.165) is 11.4 Å². The third kappa shape index (κ3) is 3.77. The normalized spacial score (nSPS) is 12.5. The molecule has 2 rings (SSSR count). The van der Waals surface area contributed by atoms with Gasteiger partial charge < -0.3 is 0 Å². The molecule has 0 aliphatic heterocycles. The Kier molecular flexibility index (Phi) is 4.33. The van der Waals surface area contributed by atoms with Crippen LogP contribution in [0.1, 0.15) is 26.3 Å². The van der Waals surface area contributed by atoms with Gasteiger partial charge in [0.2, 0.25) is 0 Å². The Morgan fingerprint density at radius 3 is 2.15 bits per heavy atom. The van der Waals surface area contributed by atoms with Crippen LogP contribution >= 0.6 is 0 Å². The third-order valence-electron chi connectivity index (χ3n) is 3.20. The molecule has 0 N–H and O–H groups in total. The molecule has 0 spiro atoms. The van der Waals surface area contributed by atoms with Crippen molar-refractivity contribution in [3.63, 3.8) is 0 Å². The van der Waals surface area contributed by atoms with Crippen LogP contribution in [0.15, 0.2) is 59.6 Å². The van der Waals surface area contributed by atoms with Gasteiger partial charge in [-0.05, 0) is 23.8 Å². The summed E-state index contributed by atoms with van der Waals surface area (Å²) in [5.74, 6) is -0.169. The minimum absolute atomic E-state index is 0.0991. The second-order valence-electron chi connectivity index (χ2n) is 5.91. The van der Waals surface area contributed by atoms with Gasteiger partial charge in [-0.2, -0.15) is 0 Å². The summed E-state index contributed by atoms with van der Waals surface area (Å²) in [5.41, 5.74) is 2.48. The van der Waals surface area contributed by atoms with E-state index in [1.165, 1.54) is 6.07 Å². The van der Waals surface area contributed by atoms with Crippen LogP contribution < -0.4 is 0 Å². The molecule has 0 atom stereocenters. The van der Waals surface area contributed by atoms with Crippen molar-refractivity contribution < 1.29 is 4.39 Å². The Balaban J connectivity index is 2.35. The number of aliphatic imine (C=N–C) groups is 1. The van der Waals surface area contributed by atoms with E-state index in [2.05, 4.69) is 20.8 Å². The lowest BCUT2D eigenvalue weighted by molar-refractivity contribution is 0.575. The largest absolute Gasteiger partial charge is 0.257 e. The number of hydrogen-bond acceptors (Lipinski definition) is 1. The predicted octanol–water partition coefficient (Wildman–Crippen LogP) is 5.19. The van der Waals surface area contributed by atoms with E-state index in [9.17, 15) is 4.39 Å². The molecule has 0 heterocycles. The van der Waals surface area contributed by atoms with E-state index in [1.807, 2.05) is 42.5 Å². The van der Waals surface area contributed by atoms with Crippen molar-refractivity contribution in [1.82, 2.24) is 0 Å². The molecule has 2 aromatic carbocycles. The first-order valence-electron chi connectivity index (χ1n) is 6.83. The fourth-order valence-electron chi connectivity index (χ4n) is 1.95. The average molecular weight is 269 g/mol. The molecule has 0 radical (unpaired) electrons. The molecule has 1 nitrogen and oxygen atoms in total. The van der Waals surface area contributed by atoms with Gasteiger partial charge in [-0.3, -0.25) is 4.99 Å². The lowest BCUT2D eigenvalue weighted by Gasteiger charge is -2.22. The summed E-state index contributed by atoms with van der Waals surface area (Å²) in [6.07, 6.45) is 0.533. The van der Waals surface area contributed by atoms with Gasteiger partial charge in [0.15, 0.2) is 0 Å². The van der Waals surface area contributed by atoms with Crippen LogP contribution in [-0.2, 0) is 6.42 Å². The van der Waals surface area contributed by atoms with Gasteiger partial charge in [-0.25, -0.2) is 4.39 Å². The summed E-state index contributed by atoms with van der Waals surface area (Å²) in [5, 5.41) is 0. The van der Waals surface area contributed by atoms with Crippen molar-refractivity contribution in [1.29, 1.82) is 0 Å². The second kappa shape index (κ2) is 6.00. The highest BCUT2D eigenvalue weighted by Gasteiger charge is 2.20. The zero-order valence-corrected chi connectivity index (χ0v) is 12.2. The number of nitrogens with zero attached hydrogens (tertiary/aromatic N) is 1. The first-order valence-corrected chi connectivity index (χ1v) is 6.83. The van der Waals surface area contributed by atoms with Crippen molar-refractivity contribution in [3.05, 3.63) is 66.0 Å². The Morgan fingerprint density at radius 2 is 1.55 bits per heavy atom. The quantitative estimate of drug-likeness (QED) is 0.680. The van der Waals surface area contributed by atoms with Crippen molar-refractivity contribution in [3.8, 4) is 0 Å². The number of benzene rings is 2. The van der Waals surface area contributed by atoms with Crippen molar-refractivity contribution in [2.75, 3.05) is 0 Å². The Labute approximate surface area is 120 Å². The summed E-state index contributed by atoms with van der Waals surface area (Å²) in [7, 11) is 0. The van der Waals surface area contributed by atoms with Gasteiger partial charge in [0.25, 0.3) is 0 Å². The van der Waals surface area contributed by atoms with E-state index in [1.54, 1.807) is 6.07 Å². The molecule has 20 heavy (non-hydrogen) atoms. The van der Waals surface area contributed by atoms with Crippen LogP contribution in [0.5, 0.6) is 0 Å². The first kappa shape index (κ1) is 14.4. The molecule has 0 saturated heterocycles. The Morgan fingerprint density at radius 1 is 0.950 bits per heavy atom.